The van der Waals surface area contributed by atoms with Crippen molar-refractivity contribution in [2.24, 2.45) is 10.8 Å². The molecule has 0 bridgehead atoms. The highest BCUT2D eigenvalue weighted by Crippen LogP contribution is 2.66. The highest BCUT2D eigenvalue weighted by Gasteiger charge is 2.61. The molecule has 98 valence electrons. The highest BCUT2D eigenvalue weighted by atomic mass is 32.2. The quantitative estimate of drug-likeness (QED) is 0.722. The molecular weight excluding hydrogens is 248 g/mol. The molecule has 3 unspecified atom stereocenters. The predicted molar refractivity (Wildman–Crippen MR) is 77.6 cm³/mol. The zero-order valence-electron chi connectivity index (χ0n) is 11.0. The molecule has 3 atom stereocenters. The SMILES string of the molecule is CC12CCCCC1(C)C(O)C1(CC2)SCCS1. The topological polar surface area (TPSA) is 20.2 Å². The molecular formula is C14H24OS2. The average molecular weight is 272 g/mol. The minimum absolute atomic E-state index is 0.105. The number of thioether (sulfide) groups is 2. The second-order valence-electron chi connectivity index (χ2n) is 6.60. The van der Waals surface area contributed by atoms with Gasteiger partial charge in [0.05, 0.1) is 10.2 Å². The predicted octanol–water partition coefficient (Wildman–Crippen LogP) is 3.90. The lowest BCUT2D eigenvalue weighted by molar-refractivity contribution is -0.121. The van der Waals surface area contributed by atoms with Crippen LogP contribution < -0.4 is 0 Å². The van der Waals surface area contributed by atoms with E-state index in [4.69, 9.17) is 0 Å². The molecule has 3 aliphatic rings. The van der Waals surface area contributed by atoms with Crippen molar-refractivity contribution in [3.63, 3.8) is 0 Å². The summed E-state index contributed by atoms with van der Waals surface area (Å²) >= 11 is 4.08. The van der Waals surface area contributed by atoms with Gasteiger partial charge in [-0.3, -0.25) is 0 Å². The normalized spacial score (nSPS) is 49.2. The number of fused-ring (bicyclic) bond motifs is 1. The van der Waals surface area contributed by atoms with E-state index in [9.17, 15) is 5.11 Å². The summed E-state index contributed by atoms with van der Waals surface area (Å²) in [5.74, 6) is 2.46. The van der Waals surface area contributed by atoms with Crippen LogP contribution in [0.5, 0.6) is 0 Å². The van der Waals surface area contributed by atoms with Crippen LogP contribution in [0, 0.1) is 10.8 Å². The van der Waals surface area contributed by atoms with Crippen LogP contribution in [0.25, 0.3) is 0 Å². The molecule has 0 aromatic heterocycles. The van der Waals surface area contributed by atoms with Crippen molar-refractivity contribution >= 4 is 23.5 Å². The van der Waals surface area contributed by atoms with Gasteiger partial charge in [0.15, 0.2) is 0 Å². The summed E-state index contributed by atoms with van der Waals surface area (Å²) in [5, 5.41) is 11.0. The Labute approximate surface area is 114 Å². The van der Waals surface area contributed by atoms with E-state index in [0.29, 0.717) is 5.41 Å². The summed E-state index contributed by atoms with van der Waals surface area (Å²) in [6.07, 6.45) is 7.67. The first-order chi connectivity index (χ1) is 8.03. The summed E-state index contributed by atoms with van der Waals surface area (Å²) in [4.78, 5) is 0. The van der Waals surface area contributed by atoms with E-state index in [1.807, 2.05) is 23.5 Å². The second-order valence-corrected chi connectivity index (χ2v) is 9.71. The lowest BCUT2D eigenvalue weighted by atomic mass is 9.50. The third kappa shape index (κ3) is 1.64. The smallest absolute Gasteiger partial charge is 0.0874 e. The Morgan fingerprint density at radius 1 is 0.941 bits per heavy atom. The summed E-state index contributed by atoms with van der Waals surface area (Å²) in [7, 11) is 0. The summed E-state index contributed by atoms with van der Waals surface area (Å²) < 4.78 is 0.144. The van der Waals surface area contributed by atoms with Crippen molar-refractivity contribution in [2.75, 3.05) is 11.5 Å². The summed E-state index contributed by atoms with van der Waals surface area (Å²) in [6.45, 7) is 4.81. The van der Waals surface area contributed by atoms with Crippen molar-refractivity contribution in [2.45, 2.75) is 62.6 Å². The zero-order chi connectivity index (χ0) is 12.1. The van der Waals surface area contributed by atoms with Crippen molar-refractivity contribution in [1.82, 2.24) is 0 Å². The van der Waals surface area contributed by atoms with Gasteiger partial charge in [0.2, 0.25) is 0 Å². The van der Waals surface area contributed by atoms with E-state index >= 15 is 0 Å². The van der Waals surface area contributed by atoms with Crippen molar-refractivity contribution < 1.29 is 5.11 Å². The molecule has 1 spiro atoms. The van der Waals surface area contributed by atoms with Crippen molar-refractivity contribution in [1.29, 1.82) is 0 Å². The Kier molecular flexibility index (Phi) is 3.04. The number of hydrogen-bond acceptors (Lipinski definition) is 3. The van der Waals surface area contributed by atoms with Crippen LogP contribution >= 0.6 is 23.5 Å². The van der Waals surface area contributed by atoms with Crippen LogP contribution in [0.4, 0.5) is 0 Å². The van der Waals surface area contributed by atoms with Gasteiger partial charge in [-0.2, -0.15) is 0 Å². The molecule has 3 heteroatoms. The Hall–Kier alpha value is 0.660. The molecule has 0 aromatic carbocycles. The minimum Gasteiger partial charge on any atom is -0.390 e. The average Bonchev–Trinajstić information content (AvgIpc) is 2.78. The van der Waals surface area contributed by atoms with Crippen LogP contribution in [0.2, 0.25) is 0 Å². The molecule has 2 saturated carbocycles. The Morgan fingerprint density at radius 3 is 2.29 bits per heavy atom. The minimum atomic E-state index is -0.105. The van der Waals surface area contributed by atoms with Crippen LogP contribution in [0.1, 0.15) is 52.4 Å². The molecule has 3 rings (SSSR count). The van der Waals surface area contributed by atoms with Gasteiger partial charge in [0.1, 0.15) is 0 Å². The number of hydrogen-bond donors (Lipinski definition) is 1. The maximum atomic E-state index is 11.0. The summed E-state index contributed by atoms with van der Waals surface area (Å²) in [5.41, 5.74) is 0.549. The molecule has 0 radical (unpaired) electrons. The maximum Gasteiger partial charge on any atom is 0.0874 e. The van der Waals surface area contributed by atoms with Gasteiger partial charge in [-0.15, -0.1) is 23.5 Å². The Bertz CT molecular complexity index is 313. The second kappa shape index (κ2) is 4.08. The Morgan fingerprint density at radius 2 is 1.59 bits per heavy atom. The van der Waals surface area contributed by atoms with Gasteiger partial charge in [-0.25, -0.2) is 0 Å². The molecule has 2 aliphatic carbocycles. The van der Waals surface area contributed by atoms with E-state index in [1.54, 1.807) is 0 Å². The van der Waals surface area contributed by atoms with Crippen LogP contribution in [-0.2, 0) is 0 Å². The lowest BCUT2D eigenvalue weighted by Crippen LogP contribution is -2.59. The molecule has 1 heterocycles. The number of aliphatic hydroxyl groups excluding tert-OH is 1. The fourth-order valence-corrected chi connectivity index (χ4v) is 7.84. The molecule has 1 aliphatic heterocycles. The fraction of sp³-hybridized carbons (Fsp3) is 1.00. The van der Waals surface area contributed by atoms with Crippen LogP contribution in [-0.4, -0.2) is 26.8 Å². The first-order valence-corrected chi connectivity index (χ1v) is 8.96. The first-order valence-electron chi connectivity index (χ1n) is 6.99. The van der Waals surface area contributed by atoms with Crippen LogP contribution in [0.15, 0.2) is 0 Å². The standard InChI is InChI=1S/C14H24OS2/c1-12-5-3-4-6-13(12,2)11(15)14(8-7-12)16-9-10-17-14/h11,15H,3-10H2,1-2H3. The molecule has 1 N–H and O–H groups in total. The number of aliphatic hydroxyl groups is 1. The largest absolute Gasteiger partial charge is 0.390 e. The molecule has 3 fully saturated rings. The maximum absolute atomic E-state index is 11.0. The van der Waals surface area contributed by atoms with Gasteiger partial charge in [-0.05, 0) is 31.1 Å². The van der Waals surface area contributed by atoms with E-state index < -0.39 is 0 Å². The molecule has 0 aromatic rings. The van der Waals surface area contributed by atoms with E-state index in [-0.39, 0.29) is 15.6 Å². The Balaban J connectivity index is 1.94. The fourth-order valence-electron chi connectivity index (χ4n) is 4.32. The van der Waals surface area contributed by atoms with Crippen molar-refractivity contribution in [3.8, 4) is 0 Å². The molecule has 1 saturated heterocycles. The third-order valence-electron chi connectivity index (χ3n) is 5.87. The van der Waals surface area contributed by atoms with Gasteiger partial charge < -0.3 is 5.11 Å². The zero-order valence-corrected chi connectivity index (χ0v) is 12.6. The van der Waals surface area contributed by atoms with Gasteiger partial charge >= 0.3 is 0 Å². The number of rotatable bonds is 0. The first kappa shape index (κ1) is 12.7. The summed E-state index contributed by atoms with van der Waals surface area (Å²) in [6, 6.07) is 0. The van der Waals surface area contributed by atoms with E-state index in [2.05, 4.69) is 13.8 Å². The molecule has 0 amide bonds. The van der Waals surface area contributed by atoms with Gasteiger partial charge in [0.25, 0.3) is 0 Å². The lowest BCUT2D eigenvalue weighted by Gasteiger charge is -2.60. The van der Waals surface area contributed by atoms with Gasteiger partial charge in [0, 0.05) is 16.9 Å². The third-order valence-corrected chi connectivity index (χ3v) is 9.49. The van der Waals surface area contributed by atoms with Crippen molar-refractivity contribution in [3.05, 3.63) is 0 Å². The van der Waals surface area contributed by atoms with Crippen LogP contribution in [0.3, 0.4) is 0 Å². The van der Waals surface area contributed by atoms with Gasteiger partial charge in [-0.1, -0.05) is 26.7 Å². The van der Waals surface area contributed by atoms with E-state index in [1.165, 1.54) is 50.0 Å². The molecule has 1 nitrogen and oxygen atoms in total. The highest BCUT2D eigenvalue weighted by molar-refractivity contribution is 8.21. The molecule has 17 heavy (non-hydrogen) atoms. The van der Waals surface area contributed by atoms with E-state index in [0.717, 1.165) is 0 Å². The monoisotopic (exact) mass is 272 g/mol.